The third kappa shape index (κ3) is 5.69. The van der Waals surface area contributed by atoms with Gasteiger partial charge in [0, 0.05) is 17.5 Å². The predicted octanol–water partition coefficient (Wildman–Crippen LogP) is 3.75. The highest BCUT2D eigenvalue weighted by Crippen LogP contribution is 2.21. The van der Waals surface area contributed by atoms with E-state index in [0.717, 1.165) is 11.3 Å². The Balaban J connectivity index is 1.30. The van der Waals surface area contributed by atoms with E-state index in [-0.39, 0.29) is 19.1 Å². The third-order valence-electron chi connectivity index (χ3n) is 5.03. The molecule has 1 aliphatic rings. The minimum atomic E-state index is -0.267. The zero-order chi connectivity index (χ0) is 23.0. The van der Waals surface area contributed by atoms with Crippen LogP contribution >= 0.6 is 0 Å². The molecule has 1 heterocycles. The Morgan fingerprint density at radius 3 is 2.52 bits per heavy atom. The van der Waals surface area contributed by atoms with Gasteiger partial charge in [0.1, 0.15) is 12.4 Å². The number of hydroxylamine groups is 2. The number of rotatable bonds is 9. The van der Waals surface area contributed by atoms with Crippen LogP contribution in [-0.4, -0.2) is 30.7 Å². The molecule has 0 spiro atoms. The van der Waals surface area contributed by atoms with E-state index in [2.05, 4.69) is 5.32 Å². The molecular weight excluding hydrogens is 420 g/mol. The molecular formula is C25H24N4O4. The van der Waals surface area contributed by atoms with Crippen LogP contribution in [0.5, 0.6) is 0 Å². The molecule has 0 atom stereocenters. The molecule has 0 aliphatic carbocycles. The number of anilines is 3. The average molecular weight is 444 g/mol. The lowest BCUT2D eigenvalue weighted by molar-refractivity contribution is -0.174. The standard InChI is InChI=1S/C25H24N4O4/c26-23-8-4-5-9-24(23)27-25(31)20-12-10-19(11-13-20)14-29(17-30)33-16-22-15-28(18-32-22)21-6-2-1-3-7-21/h1-13,15,17H,14,16,18,26H2,(H,27,31). The zero-order valence-corrected chi connectivity index (χ0v) is 17.9. The molecule has 1 aliphatic heterocycles. The molecule has 2 amide bonds. The summed E-state index contributed by atoms with van der Waals surface area (Å²) in [4.78, 5) is 31.5. The quantitative estimate of drug-likeness (QED) is 0.296. The molecule has 0 bridgehead atoms. The Labute approximate surface area is 191 Å². The summed E-state index contributed by atoms with van der Waals surface area (Å²) in [5.41, 5.74) is 9.22. The van der Waals surface area contributed by atoms with Crippen LogP contribution in [-0.2, 0) is 20.9 Å². The van der Waals surface area contributed by atoms with Gasteiger partial charge < -0.3 is 20.7 Å². The second kappa shape index (κ2) is 10.3. The Morgan fingerprint density at radius 1 is 1.06 bits per heavy atom. The van der Waals surface area contributed by atoms with E-state index in [1.807, 2.05) is 41.4 Å². The maximum Gasteiger partial charge on any atom is 0.255 e. The highest BCUT2D eigenvalue weighted by Gasteiger charge is 2.16. The van der Waals surface area contributed by atoms with Gasteiger partial charge in [0.2, 0.25) is 6.41 Å². The average Bonchev–Trinajstić information content (AvgIpc) is 3.33. The first-order chi connectivity index (χ1) is 16.1. The van der Waals surface area contributed by atoms with Crippen molar-refractivity contribution < 1.29 is 19.2 Å². The highest BCUT2D eigenvalue weighted by molar-refractivity contribution is 6.05. The molecule has 168 valence electrons. The van der Waals surface area contributed by atoms with Crippen molar-refractivity contribution in [3.05, 3.63) is 102 Å². The fourth-order valence-electron chi connectivity index (χ4n) is 3.25. The summed E-state index contributed by atoms with van der Waals surface area (Å²) in [6, 6.07) is 23.8. The van der Waals surface area contributed by atoms with Crippen molar-refractivity contribution >= 4 is 29.4 Å². The normalized spacial score (nSPS) is 12.6. The predicted molar refractivity (Wildman–Crippen MR) is 126 cm³/mol. The molecule has 0 saturated carbocycles. The number of nitrogens with zero attached hydrogens (tertiary/aromatic N) is 2. The fraction of sp³-hybridized carbons (Fsp3) is 0.120. The van der Waals surface area contributed by atoms with Gasteiger partial charge in [-0.05, 0) is 42.0 Å². The molecule has 3 aromatic rings. The van der Waals surface area contributed by atoms with Crippen LogP contribution in [0.2, 0.25) is 0 Å². The molecule has 0 saturated heterocycles. The fourth-order valence-corrected chi connectivity index (χ4v) is 3.25. The number of hydrogen-bond donors (Lipinski definition) is 2. The molecule has 3 N–H and O–H groups in total. The Morgan fingerprint density at radius 2 is 1.79 bits per heavy atom. The first-order valence-corrected chi connectivity index (χ1v) is 10.4. The molecule has 0 unspecified atom stereocenters. The maximum absolute atomic E-state index is 12.5. The monoisotopic (exact) mass is 444 g/mol. The Kier molecular flexibility index (Phi) is 6.87. The van der Waals surface area contributed by atoms with E-state index < -0.39 is 0 Å². The van der Waals surface area contributed by atoms with Crippen LogP contribution in [0.25, 0.3) is 0 Å². The molecule has 0 aromatic heterocycles. The van der Waals surface area contributed by atoms with E-state index in [0.29, 0.717) is 35.8 Å². The highest BCUT2D eigenvalue weighted by atomic mass is 16.7. The second-order valence-corrected chi connectivity index (χ2v) is 7.37. The number of carbonyl (C=O) groups is 2. The molecule has 8 heteroatoms. The lowest BCUT2D eigenvalue weighted by Crippen LogP contribution is -2.23. The number of carbonyl (C=O) groups excluding carboxylic acids is 2. The van der Waals surface area contributed by atoms with Gasteiger partial charge in [-0.2, -0.15) is 0 Å². The van der Waals surface area contributed by atoms with Crippen molar-refractivity contribution in [2.24, 2.45) is 0 Å². The van der Waals surface area contributed by atoms with Gasteiger partial charge in [0.25, 0.3) is 5.91 Å². The Bertz CT molecular complexity index is 1130. The number of ether oxygens (including phenoxy) is 1. The van der Waals surface area contributed by atoms with Gasteiger partial charge in [-0.15, -0.1) is 0 Å². The van der Waals surface area contributed by atoms with Crippen molar-refractivity contribution in [3.63, 3.8) is 0 Å². The van der Waals surface area contributed by atoms with E-state index in [9.17, 15) is 9.59 Å². The molecule has 0 radical (unpaired) electrons. The Hall–Kier alpha value is -4.30. The van der Waals surface area contributed by atoms with Crippen LogP contribution in [0.3, 0.4) is 0 Å². The van der Waals surface area contributed by atoms with Crippen molar-refractivity contribution in [3.8, 4) is 0 Å². The first kappa shape index (κ1) is 21.9. The lowest BCUT2D eigenvalue weighted by atomic mass is 10.1. The van der Waals surface area contributed by atoms with Crippen molar-refractivity contribution in [1.29, 1.82) is 0 Å². The van der Waals surface area contributed by atoms with E-state index in [1.54, 1.807) is 48.5 Å². The lowest BCUT2D eigenvalue weighted by Gasteiger charge is -2.17. The number of benzene rings is 3. The number of para-hydroxylation sites is 3. The minimum Gasteiger partial charge on any atom is -0.473 e. The summed E-state index contributed by atoms with van der Waals surface area (Å²) in [7, 11) is 0. The van der Waals surface area contributed by atoms with Gasteiger partial charge in [-0.25, -0.2) is 5.06 Å². The number of nitrogens with two attached hydrogens (primary N) is 1. The van der Waals surface area contributed by atoms with Gasteiger partial charge >= 0.3 is 0 Å². The molecule has 4 rings (SSSR count). The van der Waals surface area contributed by atoms with Gasteiger partial charge in [0.15, 0.2) is 6.73 Å². The third-order valence-corrected chi connectivity index (χ3v) is 5.03. The van der Waals surface area contributed by atoms with Crippen molar-refractivity contribution in [2.45, 2.75) is 6.54 Å². The SMILES string of the molecule is Nc1ccccc1NC(=O)c1ccc(CN(C=O)OCC2=CN(c3ccccc3)CO2)cc1. The number of amides is 2. The van der Waals surface area contributed by atoms with E-state index in [1.165, 1.54) is 5.06 Å². The van der Waals surface area contributed by atoms with Gasteiger partial charge in [-0.1, -0.05) is 42.5 Å². The topological polar surface area (TPSA) is 97.1 Å². The second-order valence-electron chi connectivity index (χ2n) is 7.37. The summed E-state index contributed by atoms with van der Waals surface area (Å²) < 4.78 is 5.63. The van der Waals surface area contributed by atoms with E-state index >= 15 is 0 Å². The molecule has 0 fully saturated rings. The van der Waals surface area contributed by atoms with Crippen LogP contribution in [0, 0.1) is 0 Å². The minimum absolute atomic E-state index is 0.126. The largest absolute Gasteiger partial charge is 0.473 e. The van der Waals surface area contributed by atoms with E-state index in [4.69, 9.17) is 15.3 Å². The van der Waals surface area contributed by atoms with Crippen LogP contribution in [0.15, 0.2) is 90.8 Å². The summed E-state index contributed by atoms with van der Waals surface area (Å²) in [6.45, 7) is 0.746. The summed E-state index contributed by atoms with van der Waals surface area (Å²) in [5, 5.41) is 3.98. The number of nitrogens with one attached hydrogen (secondary N) is 1. The van der Waals surface area contributed by atoms with Crippen LogP contribution in [0.1, 0.15) is 15.9 Å². The summed E-state index contributed by atoms with van der Waals surface area (Å²) in [6.07, 6.45) is 2.47. The first-order valence-electron chi connectivity index (χ1n) is 10.4. The molecule has 8 nitrogen and oxygen atoms in total. The van der Waals surface area contributed by atoms with Crippen LogP contribution in [0.4, 0.5) is 17.1 Å². The summed E-state index contributed by atoms with van der Waals surface area (Å²) in [5.74, 6) is 0.356. The van der Waals surface area contributed by atoms with Gasteiger partial charge in [0.05, 0.1) is 17.9 Å². The summed E-state index contributed by atoms with van der Waals surface area (Å²) >= 11 is 0. The van der Waals surface area contributed by atoms with Crippen molar-refractivity contribution in [1.82, 2.24) is 5.06 Å². The molecule has 33 heavy (non-hydrogen) atoms. The maximum atomic E-state index is 12.5. The number of nitrogen functional groups attached to an aromatic ring is 1. The zero-order valence-electron chi connectivity index (χ0n) is 17.9. The smallest absolute Gasteiger partial charge is 0.255 e. The number of hydrogen-bond acceptors (Lipinski definition) is 6. The van der Waals surface area contributed by atoms with Crippen LogP contribution < -0.4 is 16.0 Å². The molecule has 3 aromatic carbocycles. The van der Waals surface area contributed by atoms with Gasteiger partial charge in [-0.3, -0.25) is 14.4 Å². The van der Waals surface area contributed by atoms with Crippen molar-refractivity contribution in [2.75, 3.05) is 29.3 Å².